The van der Waals surface area contributed by atoms with Crippen molar-refractivity contribution in [1.29, 1.82) is 0 Å². The van der Waals surface area contributed by atoms with E-state index in [-0.39, 0.29) is 64.0 Å². The Morgan fingerprint density at radius 3 is 0.875 bits per heavy atom. The average Bonchev–Trinajstić information content (AvgIpc) is 0.814. The molecule has 0 aromatic heterocycles. The summed E-state index contributed by atoms with van der Waals surface area (Å²) in [5.41, 5.74) is -1.02. The van der Waals surface area contributed by atoms with Crippen molar-refractivity contribution in [3.63, 3.8) is 0 Å². The van der Waals surface area contributed by atoms with E-state index in [1.807, 2.05) is 6.92 Å². The number of allylic oxidation sites excluding steroid dienone is 8. The molecule has 0 amide bonds. The number of carbonyl (C=O) groups is 4. The molecule has 5 atom stereocenters. The van der Waals surface area contributed by atoms with E-state index >= 15 is 0 Å². The number of aliphatic hydroxyl groups is 2. The predicted octanol–water partition coefficient (Wildman–Crippen LogP) is 23.5. The van der Waals surface area contributed by atoms with Crippen LogP contribution in [0.1, 0.15) is 401 Å². The van der Waals surface area contributed by atoms with Crippen LogP contribution < -0.4 is 0 Å². The van der Waals surface area contributed by atoms with Gasteiger partial charge in [0, 0.05) is 25.7 Å². The third-order valence-electron chi connectivity index (χ3n) is 19.3. The lowest BCUT2D eigenvalue weighted by Crippen LogP contribution is -2.61. The summed E-state index contributed by atoms with van der Waals surface area (Å²) >= 11 is 0. The van der Waals surface area contributed by atoms with Gasteiger partial charge in [0.25, 0.3) is 0 Å². The fraction of sp³-hybridized carbons (Fsp3) is 0.857. The summed E-state index contributed by atoms with van der Waals surface area (Å²) in [7, 11) is 0. The second-order valence-electron chi connectivity index (χ2n) is 28.5. The summed E-state index contributed by atoms with van der Waals surface area (Å²) in [5.74, 6) is -1.65. The van der Waals surface area contributed by atoms with Crippen LogP contribution in [0.15, 0.2) is 48.6 Å². The Hall–Kier alpha value is -3.32. The van der Waals surface area contributed by atoms with Crippen LogP contribution >= 0.6 is 0 Å². The number of rotatable bonds is 71. The maximum Gasteiger partial charge on any atom is 0.306 e. The first kappa shape index (κ1) is 90.7. The quantitative estimate of drug-likeness (QED) is 0.0257. The Labute approximate surface area is 590 Å². The molecule has 0 saturated carbocycles. The zero-order valence-corrected chi connectivity index (χ0v) is 63.1. The first-order valence-electron chi connectivity index (χ1n) is 41.0. The van der Waals surface area contributed by atoms with E-state index < -0.39 is 48.1 Å². The van der Waals surface area contributed by atoms with Crippen LogP contribution in [0.3, 0.4) is 0 Å². The van der Waals surface area contributed by atoms with Gasteiger partial charge in [-0.3, -0.25) is 19.2 Å². The molecule has 1 aliphatic heterocycles. The van der Waals surface area contributed by atoms with Crippen LogP contribution in [0.4, 0.5) is 0 Å². The zero-order chi connectivity index (χ0) is 69.7. The second-order valence-corrected chi connectivity index (χ2v) is 28.5. The molecule has 0 bridgehead atoms. The van der Waals surface area contributed by atoms with Crippen molar-refractivity contribution in [2.45, 2.75) is 431 Å². The van der Waals surface area contributed by atoms with Crippen LogP contribution in [0.2, 0.25) is 0 Å². The van der Waals surface area contributed by atoms with Gasteiger partial charge in [-0.15, -0.1) is 0 Å². The molecule has 12 nitrogen and oxygen atoms in total. The summed E-state index contributed by atoms with van der Waals surface area (Å²) in [6.45, 7) is 10.2. The largest absolute Gasteiger partial charge is 0.465 e. The van der Waals surface area contributed by atoms with Gasteiger partial charge in [0.05, 0.1) is 12.0 Å². The number of unbranched alkanes of at least 4 members (excludes halogenated alkanes) is 44. The summed E-state index contributed by atoms with van der Waals surface area (Å²) in [6, 6.07) is 0. The third-order valence-corrected chi connectivity index (χ3v) is 19.3. The maximum absolute atomic E-state index is 13.5. The van der Waals surface area contributed by atoms with Gasteiger partial charge in [-0.1, -0.05) is 289 Å². The number of hydrogen-bond acceptors (Lipinski definition) is 12. The van der Waals surface area contributed by atoms with E-state index in [9.17, 15) is 29.4 Å². The average molecular weight is 1350 g/mol. The van der Waals surface area contributed by atoms with Gasteiger partial charge in [-0.25, -0.2) is 0 Å². The highest BCUT2D eigenvalue weighted by Gasteiger charge is 2.49. The van der Waals surface area contributed by atoms with Crippen LogP contribution in [-0.2, 0) is 47.6 Å². The van der Waals surface area contributed by atoms with Crippen LogP contribution in [-0.4, -0.2) is 91.2 Å². The molecule has 0 aliphatic carbocycles. The van der Waals surface area contributed by atoms with Crippen LogP contribution in [0.25, 0.3) is 0 Å². The third kappa shape index (κ3) is 55.5. The summed E-state index contributed by atoms with van der Waals surface area (Å²) < 4.78 is 36.3. The fourth-order valence-electron chi connectivity index (χ4n) is 12.4. The molecule has 0 aromatic rings. The summed E-state index contributed by atoms with van der Waals surface area (Å²) in [6.07, 6.45) is 72.3. The molecule has 2 N–H and O–H groups in total. The van der Waals surface area contributed by atoms with Crippen LogP contribution in [0, 0.1) is 5.41 Å². The van der Waals surface area contributed by atoms with Crippen molar-refractivity contribution in [2.75, 3.05) is 26.4 Å². The normalized spacial score (nSPS) is 16.8. The monoisotopic (exact) mass is 1350 g/mol. The minimum absolute atomic E-state index is 0.104. The van der Waals surface area contributed by atoms with Gasteiger partial charge in [-0.2, -0.15) is 0 Å². The molecule has 1 heterocycles. The number of hydrogen-bond donors (Lipinski definition) is 2. The Morgan fingerprint density at radius 1 is 0.323 bits per heavy atom. The second kappa shape index (κ2) is 68.8. The zero-order valence-electron chi connectivity index (χ0n) is 63.1. The molecular weight excluding hydrogens is 1200 g/mol. The van der Waals surface area contributed by atoms with Gasteiger partial charge in [0.2, 0.25) is 0 Å². The molecule has 0 aromatic carbocycles. The Balaban J connectivity index is 3.00. The number of ether oxygens (including phenoxy) is 6. The molecule has 560 valence electrons. The van der Waals surface area contributed by atoms with Gasteiger partial charge in [0.1, 0.15) is 38.1 Å². The first-order chi connectivity index (χ1) is 47.1. The standard InChI is InChI=1S/C84H152O12/c1-6-11-15-19-23-27-31-35-39-43-47-51-55-59-63-67-76(85)91-71-75-82(96-79(88)70-66-62-58-54-50-46-42-38-34-30-26-22-18-14-9-4)80(89)81(90)83(95-75)94-74-84(10-5,72-92-77(86)68-64-60-56-52-48-44-40-36-32-28-24-20-16-12-7-2)73-93-78(87)69-65-61-57-53-49-45-41-37-33-29-25-21-17-13-8-3/h35-42,75,80-83,89-90H,6-34,43-74H2,1-5H3/b39-35-,40-36-,41-37-,42-38-/t75-,80-,81-,82-,83+/m1/s1. The highest BCUT2D eigenvalue weighted by Crippen LogP contribution is 2.31. The van der Waals surface area contributed by atoms with Crippen molar-refractivity contribution in [1.82, 2.24) is 0 Å². The molecule has 0 spiro atoms. The summed E-state index contributed by atoms with van der Waals surface area (Å²) in [4.78, 5) is 53.5. The minimum atomic E-state index is -1.66. The van der Waals surface area contributed by atoms with E-state index in [0.717, 1.165) is 154 Å². The fourth-order valence-corrected chi connectivity index (χ4v) is 12.4. The van der Waals surface area contributed by atoms with Gasteiger partial charge >= 0.3 is 23.9 Å². The van der Waals surface area contributed by atoms with E-state index in [2.05, 4.69) is 76.3 Å². The van der Waals surface area contributed by atoms with E-state index in [1.54, 1.807) is 0 Å². The van der Waals surface area contributed by atoms with Crippen molar-refractivity contribution in [3.8, 4) is 0 Å². The van der Waals surface area contributed by atoms with Gasteiger partial charge in [-0.05, 0) is 135 Å². The van der Waals surface area contributed by atoms with E-state index in [1.165, 1.54) is 154 Å². The smallest absolute Gasteiger partial charge is 0.306 e. The van der Waals surface area contributed by atoms with Crippen molar-refractivity contribution in [2.24, 2.45) is 5.41 Å². The summed E-state index contributed by atoms with van der Waals surface area (Å²) in [5, 5.41) is 23.4. The predicted molar refractivity (Wildman–Crippen MR) is 400 cm³/mol. The highest BCUT2D eigenvalue weighted by molar-refractivity contribution is 5.70. The molecule has 1 rings (SSSR count). The van der Waals surface area contributed by atoms with Crippen molar-refractivity contribution < 1.29 is 57.8 Å². The number of carbonyl (C=O) groups excluding carboxylic acids is 4. The minimum Gasteiger partial charge on any atom is -0.465 e. The van der Waals surface area contributed by atoms with E-state index in [4.69, 9.17) is 28.4 Å². The Bertz CT molecular complexity index is 1820. The van der Waals surface area contributed by atoms with Crippen LogP contribution in [0.5, 0.6) is 0 Å². The molecular formula is C84H152O12. The molecule has 0 unspecified atom stereocenters. The number of aliphatic hydroxyl groups excluding tert-OH is 2. The number of esters is 4. The molecule has 96 heavy (non-hydrogen) atoms. The molecule has 12 heteroatoms. The molecule has 0 radical (unpaired) electrons. The molecule has 1 saturated heterocycles. The van der Waals surface area contributed by atoms with Gasteiger partial charge in [0.15, 0.2) is 12.4 Å². The Kier molecular flexibility index (Phi) is 65.0. The maximum atomic E-state index is 13.5. The van der Waals surface area contributed by atoms with E-state index in [0.29, 0.717) is 32.1 Å². The lowest BCUT2D eigenvalue weighted by molar-refractivity contribution is -0.310. The lowest BCUT2D eigenvalue weighted by Gasteiger charge is -2.42. The van der Waals surface area contributed by atoms with Crippen molar-refractivity contribution >= 4 is 23.9 Å². The first-order valence-corrected chi connectivity index (χ1v) is 41.0. The highest BCUT2D eigenvalue weighted by atomic mass is 16.7. The topological polar surface area (TPSA) is 164 Å². The Morgan fingerprint density at radius 2 is 0.583 bits per heavy atom. The van der Waals surface area contributed by atoms with Crippen molar-refractivity contribution in [3.05, 3.63) is 48.6 Å². The molecule has 1 aliphatic rings. The van der Waals surface area contributed by atoms with Gasteiger partial charge < -0.3 is 38.6 Å². The lowest BCUT2D eigenvalue weighted by atomic mass is 9.87. The molecule has 1 fully saturated rings. The SMILES string of the molecule is CCCCCCCC/C=C\CCCCCCCC(=O)OC[C@H]1O[C@H](OCC(CC)(COC(=O)CCCCCCC/C=C\CCCCCCCC)COC(=O)CCCCCCC/C=C\CCCCCCCC)[C@H](O)[C@@H](O)[C@@H]1OC(=O)CCCCCCC/C=C\CCCCCCCC.